The van der Waals surface area contributed by atoms with Gasteiger partial charge in [0.1, 0.15) is 5.82 Å². The maximum absolute atomic E-state index is 14.1. The summed E-state index contributed by atoms with van der Waals surface area (Å²) >= 11 is 6.20. The van der Waals surface area contributed by atoms with E-state index in [1.165, 1.54) is 17.4 Å². The van der Waals surface area contributed by atoms with E-state index in [-0.39, 0.29) is 18.3 Å². The molecule has 10 heteroatoms. The van der Waals surface area contributed by atoms with Crippen molar-refractivity contribution in [2.24, 2.45) is 0 Å². The highest BCUT2D eigenvalue weighted by molar-refractivity contribution is 7.88. The Morgan fingerprint density at radius 1 is 1.12 bits per heavy atom. The van der Waals surface area contributed by atoms with Gasteiger partial charge in [0.2, 0.25) is 10.0 Å². The van der Waals surface area contributed by atoms with Gasteiger partial charge < -0.3 is 14.4 Å². The second-order valence-electron chi connectivity index (χ2n) is 8.21. The summed E-state index contributed by atoms with van der Waals surface area (Å²) < 4.78 is 40.8. The van der Waals surface area contributed by atoms with Crippen LogP contribution in [0.25, 0.3) is 10.9 Å². The minimum Gasteiger partial charge on any atom is -0.366 e. The van der Waals surface area contributed by atoms with Gasteiger partial charge in [-0.25, -0.2) is 17.1 Å². The zero-order valence-electron chi connectivity index (χ0n) is 18.5. The highest BCUT2D eigenvalue weighted by atomic mass is 35.5. The molecule has 2 heterocycles. The summed E-state index contributed by atoms with van der Waals surface area (Å²) in [6.07, 6.45) is 2.93. The maximum Gasteiger partial charge on any atom is 0.256 e. The molecule has 7 nitrogen and oxygen atoms in total. The highest BCUT2D eigenvalue weighted by Crippen LogP contribution is 2.27. The second-order valence-corrected chi connectivity index (χ2v) is 10.7. The number of aromatic nitrogens is 1. The first-order valence-corrected chi connectivity index (χ1v) is 12.9. The monoisotopic (exact) mass is 492 g/mol. The number of hydrogen-bond donors (Lipinski definition) is 0. The minimum absolute atomic E-state index is 0.106. The number of sulfonamides is 1. The van der Waals surface area contributed by atoms with Crippen LogP contribution < -0.4 is 4.90 Å². The third-order valence-corrected chi connectivity index (χ3v) is 7.61. The minimum atomic E-state index is -3.30. The van der Waals surface area contributed by atoms with Gasteiger partial charge in [-0.2, -0.15) is 0 Å². The lowest BCUT2D eigenvalue weighted by Gasteiger charge is -2.36. The zero-order chi connectivity index (χ0) is 23.8. The molecule has 0 N–H and O–H groups in total. The number of halogens is 2. The molecule has 0 unspecified atom stereocenters. The van der Waals surface area contributed by atoms with Crippen LogP contribution in [0.4, 0.5) is 10.1 Å². The van der Waals surface area contributed by atoms with Crippen molar-refractivity contribution in [2.45, 2.75) is 6.54 Å². The fourth-order valence-corrected chi connectivity index (χ4v) is 4.64. The zero-order valence-corrected chi connectivity index (χ0v) is 20.1. The van der Waals surface area contributed by atoms with E-state index in [4.69, 9.17) is 11.6 Å². The van der Waals surface area contributed by atoms with Crippen molar-refractivity contribution in [1.29, 1.82) is 0 Å². The number of amides is 1. The van der Waals surface area contributed by atoms with Crippen LogP contribution in [0.3, 0.4) is 0 Å². The van der Waals surface area contributed by atoms with Gasteiger partial charge in [0.15, 0.2) is 0 Å². The molecule has 1 amide bonds. The molecule has 176 valence electrons. The van der Waals surface area contributed by atoms with Gasteiger partial charge in [-0.15, -0.1) is 0 Å². The van der Waals surface area contributed by atoms with Crippen molar-refractivity contribution in [3.05, 3.63) is 65.1 Å². The number of hydrogen-bond acceptors (Lipinski definition) is 4. The van der Waals surface area contributed by atoms with E-state index in [0.717, 1.165) is 17.2 Å². The fourth-order valence-electron chi connectivity index (χ4n) is 4.06. The Morgan fingerprint density at radius 2 is 1.82 bits per heavy atom. The molecule has 1 aliphatic heterocycles. The van der Waals surface area contributed by atoms with Crippen LogP contribution in [-0.2, 0) is 16.6 Å². The van der Waals surface area contributed by atoms with Crippen LogP contribution in [0.15, 0.2) is 48.7 Å². The molecule has 1 aliphatic rings. The van der Waals surface area contributed by atoms with E-state index in [1.807, 2.05) is 15.5 Å². The summed E-state index contributed by atoms with van der Waals surface area (Å²) in [6.45, 7) is 2.68. The Morgan fingerprint density at radius 3 is 2.48 bits per heavy atom. The van der Waals surface area contributed by atoms with Crippen LogP contribution in [0.5, 0.6) is 0 Å². The first-order valence-electron chi connectivity index (χ1n) is 10.6. The normalized spacial score (nSPS) is 14.9. The first kappa shape index (κ1) is 23.5. The number of carbonyl (C=O) groups is 1. The summed E-state index contributed by atoms with van der Waals surface area (Å²) in [7, 11) is -1.78. The Balaban J connectivity index is 1.54. The summed E-state index contributed by atoms with van der Waals surface area (Å²) in [4.78, 5) is 17.1. The Labute approximate surface area is 198 Å². The standard InChI is InChI=1S/C23H26ClFN4O3S/c1-26(33(2,31)32)9-10-29-16-19(18-8-7-17(24)15-22(18)29)23(30)28-13-11-27(12-14-28)21-6-4-3-5-20(21)25/h3-8,15-16H,9-14H2,1-2H3. The quantitative estimate of drug-likeness (QED) is 0.529. The van der Waals surface area contributed by atoms with E-state index in [2.05, 4.69) is 0 Å². The summed E-state index contributed by atoms with van der Waals surface area (Å²) in [6, 6.07) is 12.0. The molecule has 3 aromatic rings. The molecular weight excluding hydrogens is 467 g/mol. The lowest BCUT2D eigenvalue weighted by atomic mass is 10.1. The number of rotatable bonds is 6. The molecule has 1 fully saturated rings. The Kier molecular flexibility index (Phi) is 6.65. The fraction of sp³-hybridized carbons (Fsp3) is 0.348. The summed E-state index contributed by atoms with van der Waals surface area (Å²) in [5.41, 5.74) is 1.87. The van der Waals surface area contributed by atoms with Crippen LogP contribution in [0.2, 0.25) is 5.02 Å². The van der Waals surface area contributed by atoms with Crippen molar-refractivity contribution in [1.82, 2.24) is 13.8 Å². The number of nitrogens with zero attached hydrogens (tertiary/aromatic N) is 4. The van der Waals surface area contributed by atoms with Crippen LogP contribution in [0.1, 0.15) is 10.4 Å². The molecule has 0 bridgehead atoms. The molecular formula is C23H26ClFN4O3S. The van der Waals surface area contributed by atoms with Gasteiger partial charge in [0.05, 0.1) is 23.0 Å². The lowest BCUT2D eigenvalue weighted by molar-refractivity contribution is 0.0748. The third-order valence-electron chi connectivity index (χ3n) is 6.06. The molecule has 0 aliphatic carbocycles. The molecule has 0 atom stereocenters. The van der Waals surface area contributed by atoms with Crippen LogP contribution >= 0.6 is 11.6 Å². The van der Waals surface area contributed by atoms with Crippen LogP contribution in [0, 0.1) is 5.82 Å². The van der Waals surface area contributed by atoms with Crippen molar-refractivity contribution < 1.29 is 17.6 Å². The highest BCUT2D eigenvalue weighted by Gasteiger charge is 2.26. The summed E-state index contributed by atoms with van der Waals surface area (Å²) in [5.74, 6) is -0.373. The van der Waals surface area contributed by atoms with Crippen molar-refractivity contribution in [3.63, 3.8) is 0 Å². The predicted octanol–water partition coefficient (Wildman–Crippen LogP) is 3.29. The number of piperazine rings is 1. The molecule has 0 saturated carbocycles. The number of carbonyl (C=O) groups excluding carboxylic acids is 1. The van der Waals surface area contributed by atoms with E-state index >= 15 is 0 Å². The average Bonchev–Trinajstić information content (AvgIpc) is 3.14. The first-order chi connectivity index (χ1) is 15.6. The maximum atomic E-state index is 14.1. The van der Waals surface area contributed by atoms with E-state index < -0.39 is 10.0 Å². The number of anilines is 1. The van der Waals surface area contributed by atoms with Crippen molar-refractivity contribution in [3.8, 4) is 0 Å². The SMILES string of the molecule is CN(CCn1cc(C(=O)N2CCN(c3ccccc3F)CC2)c2ccc(Cl)cc21)S(C)(=O)=O. The smallest absolute Gasteiger partial charge is 0.256 e. The molecule has 0 spiro atoms. The third kappa shape index (κ3) is 5.00. The van der Waals surface area contributed by atoms with Gasteiger partial charge in [0, 0.05) is 62.9 Å². The summed E-state index contributed by atoms with van der Waals surface area (Å²) in [5, 5.41) is 1.30. The molecule has 33 heavy (non-hydrogen) atoms. The molecule has 4 rings (SSSR count). The van der Waals surface area contributed by atoms with Crippen molar-refractivity contribution >= 4 is 44.1 Å². The number of para-hydroxylation sites is 1. The van der Waals surface area contributed by atoms with Gasteiger partial charge in [0.25, 0.3) is 5.91 Å². The Bertz CT molecular complexity index is 1290. The van der Waals surface area contributed by atoms with Gasteiger partial charge in [-0.3, -0.25) is 4.79 Å². The Hall–Kier alpha value is -2.62. The van der Waals surface area contributed by atoms with E-state index in [9.17, 15) is 17.6 Å². The predicted molar refractivity (Wildman–Crippen MR) is 129 cm³/mol. The van der Waals surface area contributed by atoms with E-state index in [0.29, 0.717) is 49.0 Å². The topological polar surface area (TPSA) is 65.9 Å². The van der Waals surface area contributed by atoms with Gasteiger partial charge in [-0.1, -0.05) is 29.8 Å². The molecule has 1 saturated heterocycles. The van der Waals surface area contributed by atoms with Gasteiger partial charge in [-0.05, 0) is 24.3 Å². The number of benzene rings is 2. The van der Waals surface area contributed by atoms with Crippen LogP contribution in [-0.4, -0.2) is 74.1 Å². The lowest BCUT2D eigenvalue weighted by Crippen LogP contribution is -2.49. The average molecular weight is 493 g/mol. The molecule has 1 aromatic heterocycles. The number of likely N-dealkylation sites (N-methyl/N-ethyl adjacent to an activating group) is 1. The van der Waals surface area contributed by atoms with Gasteiger partial charge >= 0.3 is 0 Å². The second kappa shape index (κ2) is 9.32. The van der Waals surface area contributed by atoms with E-state index in [1.54, 1.807) is 41.4 Å². The number of fused-ring (bicyclic) bond motifs is 1. The van der Waals surface area contributed by atoms with Crippen molar-refractivity contribution in [2.75, 3.05) is 50.9 Å². The molecule has 2 aromatic carbocycles. The molecule has 0 radical (unpaired) electrons. The largest absolute Gasteiger partial charge is 0.366 e.